The highest BCUT2D eigenvalue weighted by molar-refractivity contribution is 6.18. The molecule has 6 nitrogen and oxygen atoms in total. The van der Waals surface area contributed by atoms with E-state index in [0.717, 1.165) is 71.5 Å². The number of unbranched alkanes of at least 4 members (excludes halogenated alkanes) is 1. The molecule has 4 rings (SSSR count). The van der Waals surface area contributed by atoms with Crippen LogP contribution >= 0.6 is 23.2 Å². The molecule has 0 radical (unpaired) electrons. The van der Waals surface area contributed by atoms with Gasteiger partial charge in [0.2, 0.25) is 0 Å². The fourth-order valence-electron chi connectivity index (χ4n) is 4.45. The highest BCUT2D eigenvalue weighted by Crippen LogP contribution is 2.36. The number of alkyl halides is 2. The molecule has 1 aromatic heterocycles. The SMILES string of the molecule is Cc1cccc2c(Nc3cccc(OCCCCN(CCCl)CCCl)c3)c3cccc(C(=O)O)c3nc12. The summed E-state index contributed by atoms with van der Waals surface area (Å²) in [5.74, 6) is 0.980. The van der Waals surface area contributed by atoms with Crippen LogP contribution in [-0.4, -0.2) is 59.0 Å². The van der Waals surface area contributed by atoms with Gasteiger partial charge in [0.05, 0.1) is 28.9 Å². The number of hydrogen-bond donors (Lipinski definition) is 2. The zero-order valence-electron chi connectivity index (χ0n) is 20.8. The average Bonchev–Trinajstić information content (AvgIpc) is 2.89. The van der Waals surface area contributed by atoms with E-state index in [2.05, 4.69) is 10.2 Å². The molecule has 0 spiro atoms. The van der Waals surface area contributed by atoms with E-state index in [1.165, 1.54) is 0 Å². The Morgan fingerprint density at radius 1 is 0.946 bits per heavy atom. The number of aromatic carboxylic acids is 1. The molecule has 0 aliphatic carbocycles. The van der Waals surface area contributed by atoms with Gasteiger partial charge in [-0.3, -0.25) is 0 Å². The first-order valence-electron chi connectivity index (χ1n) is 12.4. The second-order valence-electron chi connectivity index (χ2n) is 8.89. The second kappa shape index (κ2) is 13.0. The second-order valence-corrected chi connectivity index (χ2v) is 9.65. The molecule has 0 unspecified atom stereocenters. The molecule has 0 amide bonds. The van der Waals surface area contributed by atoms with E-state index in [9.17, 15) is 9.90 Å². The number of halogens is 2. The maximum atomic E-state index is 11.9. The van der Waals surface area contributed by atoms with E-state index >= 15 is 0 Å². The number of nitrogens with zero attached hydrogens (tertiary/aromatic N) is 2. The minimum atomic E-state index is -0.999. The molecular formula is C29H31Cl2N3O3. The monoisotopic (exact) mass is 539 g/mol. The maximum Gasteiger partial charge on any atom is 0.337 e. The van der Waals surface area contributed by atoms with Crippen molar-refractivity contribution in [1.29, 1.82) is 0 Å². The lowest BCUT2D eigenvalue weighted by Crippen LogP contribution is -2.29. The lowest BCUT2D eigenvalue weighted by Gasteiger charge is -2.19. The van der Waals surface area contributed by atoms with Crippen molar-refractivity contribution in [2.45, 2.75) is 19.8 Å². The largest absolute Gasteiger partial charge is 0.494 e. The molecule has 37 heavy (non-hydrogen) atoms. The molecule has 0 saturated heterocycles. The first kappa shape index (κ1) is 27.0. The van der Waals surface area contributed by atoms with E-state index in [4.69, 9.17) is 32.9 Å². The van der Waals surface area contributed by atoms with Crippen molar-refractivity contribution < 1.29 is 14.6 Å². The number of fused-ring (bicyclic) bond motifs is 2. The number of carboxylic acid groups (broad SMARTS) is 1. The third-order valence-electron chi connectivity index (χ3n) is 6.31. The first-order valence-corrected chi connectivity index (χ1v) is 13.5. The Morgan fingerprint density at radius 2 is 1.65 bits per heavy atom. The highest BCUT2D eigenvalue weighted by Gasteiger charge is 2.16. The summed E-state index contributed by atoms with van der Waals surface area (Å²) < 4.78 is 6.03. The van der Waals surface area contributed by atoms with Gasteiger partial charge in [-0.25, -0.2) is 9.78 Å². The Balaban J connectivity index is 1.53. The molecule has 4 aromatic rings. The topological polar surface area (TPSA) is 74.7 Å². The summed E-state index contributed by atoms with van der Waals surface area (Å²) in [6, 6.07) is 19.0. The minimum Gasteiger partial charge on any atom is -0.494 e. The van der Waals surface area contributed by atoms with Crippen LogP contribution < -0.4 is 10.1 Å². The third kappa shape index (κ3) is 6.63. The lowest BCUT2D eigenvalue weighted by atomic mass is 10.0. The van der Waals surface area contributed by atoms with Gasteiger partial charge < -0.3 is 20.1 Å². The number of nitrogens with one attached hydrogen (secondary N) is 1. The van der Waals surface area contributed by atoms with E-state index < -0.39 is 5.97 Å². The van der Waals surface area contributed by atoms with E-state index in [1.807, 2.05) is 55.5 Å². The maximum absolute atomic E-state index is 11.9. The average molecular weight is 540 g/mol. The van der Waals surface area contributed by atoms with Crippen molar-refractivity contribution in [2.75, 3.05) is 43.3 Å². The molecule has 3 aromatic carbocycles. The normalized spacial score (nSPS) is 11.4. The fourth-order valence-corrected chi connectivity index (χ4v) is 4.93. The van der Waals surface area contributed by atoms with Crippen LogP contribution in [0.2, 0.25) is 0 Å². The van der Waals surface area contributed by atoms with E-state index in [-0.39, 0.29) is 5.56 Å². The number of rotatable bonds is 13. The summed E-state index contributed by atoms with van der Waals surface area (Å²) in [6.45, 7) is 5.22. The standard InChI is InChI=1S/C29H31Cl2N3O3/c1-20-7-4-10-23-26(20)33-28-24(11-6-12-25(28)29(35)36)27(23)32-21-8-5-9-22(19-21)37-18-3-2-15-34(16-13-30)17-14-31/h4-12,19H,2-3,13-18H2,1H3,(H,32,33)(H,35,36). The summed E-state index contributed by atoms with van der Waals surface area (Å²) in [7, 11) is 0. The smallest absolute Gasteiger partial charge is 0.337 e. The van der Waals surface area contributed by atoms with Gasteiger partial charge in [-0.2, -0.15) is 0 Å². The van der Waals surface area contributed by atoms with Gasteiger partial charge in [0.15, 0.2) is 0 Å². The van der Waals surface area contributed by atoms with Gasteiger partial charge >= 0.3 is 5.97 Å². The van der Waals surface area contributed by atoms with Crippen molar-refractivity contribution in [1.82, 2.24) is 9.88 Å². The van der Waals surface area contributed by atoms with Gasteiger partial charge in [-0.05, 0) is 50.1 Å². The number of ether oxygens (including phenoxy) is 1. The molecule has 0 atom stereocenters. The quantitative estimate of drug-likeness (QED) is 0.107. The van der Waals surface area contributed by atoms with Gasteiger partial charge in [0.1, 0.15) is 5.75 Å². The molecule has 0 saturated carbocycles. The Bertz CT molecular complexity index is 1370. The van der Waals surface area contributed by atoms with Gasteiger partial charge in [0.25, 0.3) is 0 Å². The number of carboxylic acids is 1. The number of carbonyl (C=O) groups is 1. The van der Waals surface area contributed by atoms with Gasteiger partial charge in [-0.1, -0.05) is 36.4 Å². The number of pyridine rings is 1. The number of para-hydroxylation sites is 2. The van der Waals surface area contributed by atoms with E-state index in [1.54, 1.807) is 12.1 Å². The van der Waals surface area contributed by atoms with Crippen LogP contribution in [-0.2, 0) is 0 Å². The molecule has 0 bridgehead atoms. The van der Waals surface area contributed by atoms with Crippen molar-refractivity contribution in [2.24, 2.45) is 0 Å². The number of aromatic nitrogens is 1. The Kier molecular flexibility index (Phi) is 9.45. The van der Waals surface area contributed by atoms with Gasteiger partial charge in [-0.15, -0.1) is 23.2 Å². The van der Waals surface area contributed by atoms with Crippen LogP contribution in [0.15, 0.2) is 60.7 Å². The zero-order chi connectivity index (χ0) is 26.2. The number of hydrogen-bond acceptors (Lipinski definition) is 5. The Hall–Kier alpha value is -3.06. The molecule has 0 fully saturated rings. The summed E-state index contributed by atoms with van der Waals surface area (Å²) >= 11 is 11.7. The number of anilines is 2. The molecule has 0 aliphatic heterocycles. The summed E-state index contributed by atoms with van der Waals surface area (Å²) in [6.07, 6.45) is 1.93. The molecule has 1 heterocycles. The predicted octanol–water partition coefficient (Wildman–Crippen LogP) is 7.08. The van der Waals surface area contributed by atoms with Crippen LogP contribution in [0.25, 0.3) is 21.8 Å². The van der Waals surface area contributed by atoms with Crippen molar-refractivity contribution >= 4 is 62.4 Å². The van der Waals surface area contributed by atoms with E-state index in [0.29, 0.717) is 23.9 Å². The van der Waals surface area contributed by atoms with Crippen molar-refractivity contribution in [3.63, 3.8) is 0 Å². The molecule has 194 valence electrons. The lowest BCUT2D eigenvalue weighted by molar-refractivity contribution is 0.0699. The van der Waals surface area contributed by atoms with Crippen molar-refractivity contribution in [3.05, 3.63) is 71.8 Å². The minimum absolute atomic E-state index is 0.179. The number of benzene rings is 3. The fraction of sp³-hybridized carbons (Fsp3) is 0.310. The van der Waals surface area contributed by atoms with Crippen LogP contribution in [0.1, 0.15) is 28.8 Å². The Morgan fingerprint density at radius 3 is 2.38 bits per heavy atom. The van der Waals surface area contributed by atoms with Crippen LogP contribution in [0.4, 0.5) is 11.4 Å². The summed E-state index contributed by atoms with van der Waals surface area (Å²) in [5.41, 5.74) is 4.07. The van der Waals surface area contributed by atoms with Crippen LogP contribution in [0.5, 0.6) is 5.75 Å². The third-order valence-corrected chi connectivity index (χ3v) is 6.65. The van der Waals surface area contributed by atoms with Gasteiger partial charge in [0, 0.05) is 47.4 Å². The predicted molar refractivity (Wildman–Crippen MR) is 153 cm³/mol. The number of aryl methyl sites for hydroxylation is 1. The molecule has 0 aliphatic rings. The molecule has 8 heteroatoms. The van der Waals surface area contributed by atoms with Crippen LogP contribution in [0, 0.1) is 6.92 Å². The van der Waals surface area contributed by atoms with Crippen molar-refractivity contribution in [3.8, 4) is 5.75 Å². The highest BCUT2D eigenvalue weighted by atomic mass is 35.5. The molecule has 2 N–H and O–H groups in total. The summed E-state index contributed by atoms with van der Waals surface area (Å²) in [5, 5.41) is 15.0. The zero-order valence-corrected chi connectivity index (χ0v) is 22.4. The summed E-state index contributed by atoms with van der Waals surface area (Å²) in [4.78, 5) is 18.9. The molecular weight excluding hydrogens is 509 g/mol. The van der Waals surface area contributed by atoms with Crippen LogP contribution in [0.3, 0.4) is 0 Å². The Labute approximate surface area is 227 Å². The first-order chi connectivity index (χ1) is 18.0.